The van der Waals surface area contributed by atoms with Crippen molar-refractivity contribution in [3.05, 3.63) is 0 Å². The van der Waals surface area contributed by atoms with Crippen LogP contribution in [0.25, 0.3) is 0 Å². The van der Waals surface area contributed by atoms with Crippen LogP contribution in [-0.2, 0) is 4.79 Å². The fraction of sp³-hybridized carbons (Fsp3) is 0.667. The van der Waals surface area contributed by atoms with E-state index in [2.05, 4.69) is 10.0 Å². The molecule has 1 aliphatic heterocycles. The Kier molecular flexibility index (Phi) is 1.67. The predicted molar refractivity (Wildman–Crippen MR) is 28.6 cm³/mol. The SMILES string of the molecule is O=CC1NCSN1. The molecule has 0 aromatic carbocycles. The van der Waals surface area contributed by atoms with Crippen LogP contribution in [0.3, 0.4) is 0 Å². The van der Waals surface area contributed by atoms with Gasteiger partial charge in [-0.3, -0.25) is 5.32 Å². The smallest absolute Gasteiger partial charge is 0.152 e. The van der Waals surface area contributed by atoms with Gasteiger partial charge in [-0.2, -0.15) is 0 Å². The molecular weight excluding hydrogens is 112 g/mol. The molecule has 1 unspecified atom stereocenters. The summed E-state index contributed by atoms with van der Waals surface area (Å²) in [6.07, 6.45) is 0.727. The molecule has 1 heterocycles. The fourth-order valence-electron chi connectivity index (χ4n) is 0.380. The van der Waals surface area contributed by atoms with E-state index in [1.807, 2.05) is 0 Å². The van der Waals surface area contributed by atoms with Gasteiger partial charge in [0.25, 0.3) is 0 Å². The number of hydrogen-bond acceptors (Lipinski definition) is 4. The van der Waals surface area contributed by atoms with Crippen molar-refractivity contribution in [2.24, 2.45) is 0 Å². The first-order valence-electron chi connectivity index (χ1n) is 1.99. The average molecular weight is 118 g/mol. The molecule has 40 valence electrons. The quantitative estimate of drug-likeness (QED) is 0.353. The van der Waals surface area contributed by atoms with Gasteiger partial charge < -0.3 is 4.79 Å². The number of carbonyl (C=O) groups is 1. The second-order valence-electron chi connectivity index (χ2n) is 1.22. The second kappa shape index (κ2) is 2.30. The third kappa shape index (κ3) is 1.15. The molecule has 3 nitrogen and oxygen atoms in total. The minimum Gasteiger partial charge on any atom is -0.300 e. The summed E-state index contributed by atoms with van der Waals surface area (Å²) in [7, 11) is 0. The Morgan fingerprint density at radius 2 is 2.71 bits per heavy atom. The van der Waals surface area contributed by atoms with Crippen molar-refractivity contribution in [1.29, 1.82) is 0 Å². The summed E-state index contributed by atoms with van der Waals surface area (Å²) in [6.45, 7) is 0. The monoisotopic (exact) mass is 118 g/mol. The first kappa shape index (κ1) is 5.08. The lowest BCUT2D eigenvalue weighted by Gasteiger charge is -1.94. The highest BCUT2D eigenvalue weighted by Crippen LogP contribution is 1.97. The zero-order valence-electron chi connectivity index (χ0n) is 3.68. The lowest BCUT2D eigenvalue weighted by molar-refractivity contribution is -0.109. The Balaban J connectivity index is 2.26. The molecule has 0 spiro atoms. The Labute approximate surface area is 46.0 Å². The number of rotatable bonds is 1. The molecule has 4 heteroatoms. The van der Waals surface area contributed by atoms with Crippen LogP contribution in [0, 0.1) is 0 Å². The molecule has 2 N–H and O–H groups in total. The topological polar surface area (TPSA) is 41.1 Å². The van der Waals surface area contributed by atoms with Crippen molar-refractivity contribution >= 4 is 18.2 Å². The summed E-state index contributed by atoms with van der Waals surface area (Å²) >= 11 is 1.51. The third-order valence-electron chi connectivity index (χ3n) is 0.722. The molecule has 0 bridgehead atoms. The first-order valence-corrected chi connectivity index (χ1v) is 2.98. The molecule has 1 fully saturated rings. The third-order valence-corrected chi connectivity index (χ3v) is 1.45. The maximum Gasteiger partial charge on any atom is 0.152 e. The number of nitrogens with one attached hydrogen (secondary N) is 2. The minimum atomic E-state index is -0.120. The van der Waals surface area contributed by atoms with Crippen LogP contribution >= 0.6 is 11.9 Å². The summed E-state index contributed by atoms with van der Waals surface area (Å²) < 4.78 is 2.84. The highest BCUT2D eigenvalue weighted by atomic mass is 32.2. The van der Waals surface area contributed by atoms with Crippen LogP contribution in [0.1, 0.15) is 0 Å². The normalized spacial score (nSPS) is 30.6. The molecule has 1 saturated heterocycles. The average Bonchev–Trinajstić information content (AvgIpc) is 2.14. The van der Waals surface area contributed by atoms with Gasteiger partial charge in [-0.05, 0) is 0 Å². The van der Waals surface area contributed by atoms with Gasteiger partial charge in [0.1, 0.15) is 6.17 Å². The zero-order valence-corrected chi connectivity index (χ0v) is 4.49. The van der Waals surface area contributed by atoms with E-state index >= 15 is 0 Å². The minimum absolute atomic E-state index is 0.120. The van der Waals surface area contributed by atoms with Gasteiger partial charge in [0, 0.05) is 0 Å². The number of carbonyl (C=O) groups excluding carboxylic acids is 1. The van der Waals surface area contributed by atoms with E-state index in [1.54, 1.807) is 0 Å². The summed E-state index contributed by atoms with van der Waals surface area (Å²) in [6, 6.07) is 0. The van der Waals surface area contributed by atoms with Gasteiger partial charge in [-0.25, -0.2) is 4.72 Å². The van der Waals surface area contributed by atoms with E-state index in [0.717, 1.165) is 12.2 Å². The van der Waals surface area contributed by atoms with Crippen molar-refractivity contribution in [3.63, 3.8) is 0 Å². The number of hydrogen-bond donors (Lipinski definition) is 2. The lowest BCUT2D eigenvalue weighted by Crippen LogP contribution is -2.30. The number of aldehydes is 1. The molecule has 1 atom stereocenters. The molecule has 0 aromatic rings. The van der Waals surface area contributed by atoms with Crippen molar-refractivity contribution in [2.45, 2.75) is 6.17 Å². The summed E-state index contributed by atoms with van der Waals surface area (Å²) in [5.74, 6) is 0.823. The molecule has 1 rings (SSSR count). The Morgan fingerprint density at radius 1 is 1.86 bits per heavy atom. The maximum atomic E-state index is 9.87. The van der Waals surface area contributed by atoms with E-state index in [0.29, 0.717) is 0 Å². The molecule has 0 aromatic heterocycles. The van der Waals surface area contributed by atoms with Crippen LogP contribution in [0.5, 0.6) is 0 Å². The van der Waals surface area contributed by atoms with Crippen molar-refractivity contribution in [3.8, 4) is 0 Å². The van der Waals surface area contributed by atoms with E-state index in [4.69, 9.17) is 0 Å². The van der Waals surface area contributed by atoms with E-state index in [9.17, 15) is 4.79 Å². The van der Waals surface area contributed by atoms with Crippen molar-refractivity contribution in [2.75, 3.05) is 5.88 Å². The standard InChI is InChI=1S/C3H6N2OS/c6-1-3-4-2-7-5-3/h1,3-5H,2H2. The van der Waals surface area contributed by atoms with E-state index in [1.165, 1.54) is 11.9 Å². The Morgan fingerprint density at radius 3 is 3.00 bits per heavy atom. The Bertz CT molecular complexity index is 71.3. The molecule has 0 amide bonds. The first-order chi connectivity index (χ1) is 3.43. The molecule has 7 heavy (non-hydrogen) atoms. The Hall–Kier alpha value is -0.0600. The summed E-state index contributed by atoms with van der Waals surface area (Å²) in [5.41, 5.74) is 0. The predicted octanol–water partition coefficient (Wildman–Crippen LogP) is -0.690. The van der Waals surface area contributed by atoms with E-state index in [-0.39, 0.29) is 6.17 Å². The molecule has 0 saturated carbocycles. The van der Waals surface area contributed by atoms with Gasteiger partial charge in [0.2, 0.25) is 0 Å². The van der Waals surface area contributed by atoms with Gasteiger partial charge in [0.15, 0.2) is 6.29 Å². The summed E-state index contributed by atoms with van der Waals surface area (Å²) in [5, 5.41) is 2.89. The van der Waals surface area contributed by atoms with E-state index < -0.39 is 0 Å². The molecule has 0 aliphatic carbocycles. The largest absolute Gasteiger partial charge is 0.300 e. The van der Waals surface area contributed by atoms with Crippen LogP contribution in [0.4, 0.5) is 0 Å². The lowest BCUT2D eigenvalue weighted by atomic mass is 10.6. The van der Waals surface area contributed by atoms with Gasteiger partial charge >= 0.3 is 0 Å². The van der Waals surface area contributed by atoms with Gasteiger partial charge in [-0.1, -0.05) is 11.9 Å². The molecular formula is C3H6N2OS. The van der Waals surface area contributed by atoms with Gasteiger partial charge in [-0.15, -0.1) is 0 Å². The second-order valence-corrected chi connectivity index (χ2v) is 2.04. The molecule has 0 radical (unpaired) electrons. The van der Waals surface area contributed by atoms with Crippen molar-refractivity contribution in [1.82, 2.24) is 10.0 Å². The van der Waals surface area contributed by atoms with Crippen LogP contribution in [-0.4, -0.2) is 18.3 Å². The molecule has 1 aliphatic rings. The maximum absolute atomic E-state index is 9.87. The van der Waals surface area contributed by atoms with Gasteiger partial charge in [0.05, 0.1) is 5.88 Å². The van der Waals surface area contributed by atoms with Crippen molar-refractivity contribution < 1.29 is 4.79 Å². The summed E-state index contributed by atoms with van der Waals surface area (Å²) in [4.78, 5) is 9.87. The van der Waals surface area contributed by atoms with Crippen LogP contribution in [0.2, 0.25) is 0 Å². The fourth-order valence-corrected chi connectivity index (χ4v) is 1.05. The van der Waals surface area contributed by atoms with Crippen LogP contribution in [0.15, 0.2) is 0 Å². The van der Waals surface area contributed by atoms with Crippen LogP contribution < -0.4 is 10.0 Å². The zero-order chi connectivity index (χ0) is 5.11. The highest BCUT2D eigenvalue weighted by molar-refractivity contribution is 7.97. The highest BCUT2D eigenvalue weighted by Gasteiger charge is 2.09.